The monoisotopic (exact) mass is 410 g/mol. The molecule has 0 radical (unpaired) electrons. The maximum absolute atomic E-state index is 12.5. The lowest BCUT2D eigenvalue weighted by Gasteiger charge is -2.13. The van der Waals surface area contributed by atoms with Crippen LogP contribution in [0.5, 0.6) is 0 Å². The summed E-state index contributed by atoms with van der Waals surface area (Å²) in [6.45, 7) is 3.97. The summed E-state index contributed by atoms with van der Waals surface area (Å²) in [5.74, 6) is -0.145. The Balaban J connectivity index is 2.37. The van der Waals surface area contributed by atoms with E-state index in [2.05, 4.69) is 42.5 Å². The smallest absolute Gasteiger partial charge is 0.257 e. The van der Waals surface area contributed by atoms with Crippen LogP contribution in [0.25, 0.3) is 0 Å². The number of carbonyl (C=O) groups excluding carboxylic acids is 1. The van der Waals surface area contributed by atoms with Crippen LogP contribution in [-0.2, 0) is 0 Å². The summed E-state index contributed by atoms with van der Waals surface area (Å²) in [6, 6.07) is 9.69. The van der Waals surface area contributed by atoms with E-state index in [9.17, 15) is 4.79 Å². The van der Waals surface area contributed by atoms with E-state index in [1.54, 1.807) is 7.05 Å². The van der Waals surface area contributed by atoms with Crippen LogP contribution in [0.4, 0.5) is 11.4 Å². The Kier molecular flexibility index (Phi) is 5.06. The summed E-state index contributed by atoms with van der Waals surface area (Å²) in [4.78, 5) is 12.5. The van der Waals surface area contributed by atoms with Crippen LogP contribution in [0.15, 0.2) is 39.3 Å². The second-order valence-electron chi connectivity index (χ2n) is 4.86. The molecule has 21 heavy (non-hydrogen) atoms. The first-order valence-corrected chi connectivity index (χ1v) is 8.06. The fourth-order valence-corrected chi connectivity index (χ4v) is 3.68. The van der Waals surface area contributed by atoms with Gasteiger partial charge in [0, 0.05) is 21.7 Å². The molecule has 5 heteroatoms. The molecule has 0 aliphatic carbocycles. The van der Waals surface area contributed by atoms with Gasteiger partial charge in [-0.05, 0) is 75.5 Å². The number of amides is 1. The number of nitrogens with one attached hydrogen (secondary N) is 2. The van der Waals surface area contributed by atoms with E-state index in [0.29, 0.717) is 5.56 Å². The van der Waals surface area contributed by atoms with Gasteiger partial charge in [0.05, 0.1) is 11.3 Å². The highest BCUT2D eigenvalue weighted by Crippen LogP contribution is 2.33. The molecule has 2 aromatic rings. The molecule has 3 nitrogen and oxygen atoms in total. The lowest BCUT2D eigenvalue weighted by Crippen LogP contribution is -2.15. The number of hydrogen-bond acceptors (Lipinski definition) is 2. The Bertz CT molecular complexity index is 676. The van der Waals surface area contributed by atoms with Crippen molar-refractivity contribution in [1.82, 2.24) is 0 Å². The Morgan fingerprint density at radius 1 is 1.00 bits per heavy atom. The van der Waals surface area contributed by atoms with Gasteiger partial charge < -0.3 is 10.6 Å². The third-order valence-corrected chi connectivity index (χ3v) is 4.36. The van der Waals surface area contributed by atoms with Crippen molar-refractivity contribution in [2.45, 2.75) is 13.8 Å². The first kappa shape index (κ1) is 16.0. The van der Waals surface area contributed by atoms with E-state index in [-0.39, 0.29) is 5.91 Å². The minimum Gasteiger partial charge on any atom is -0.387 e. The molecule has 0 unspecified atom stereocenters. The molecule has 2 rings (SSSR count). The standard InChI is InChI=1S/C16H16Br2N2O/c1-9-4-5-14(19-3)11(6-9)16(21)20-15-12(17)7-10(2)8-13(15)18/h4-8,19H,1-3H3,(H,20,21). The topological polar surface area (TPSA) is 41.1 Å². The van der Waals surface area contributed by atoms with Crippen LogP contribution in [0.2, 0.25) is 0 Å². The molecule has 0 aromatic heterocycles. The maximum atomic E-state index is 12.5. The molecule has 0 spiro atoms. The predicted octanol–water partition coefficient (Wildman–Crippen LogP) is 5.12. The molecule has 0 saturated carbocycles. The van der Waals surface area contributed by atoms with Gasteiger partial charge in [0.2, 0.25) is 0 Å². The number of halogens is 2. The third-order valence-electron chi connectivity index (χ3n) is 3.11. The molecule has 0 fully saturated rings. The minimum absolute atomic E-state index is 0.145. The molecule has 0 atom stereocenters. The molecule has 1 amide bonds. The minimum atomic E-state index is -0.145. The van der Waals surface area contributed by atoms with Crippen LogP contribution in [0.3, 0.4) is 0 Å². The number of benzene rings is 2. The van der Waals surface area contributed by atoms with Crippen LogP contribution in [-0.4, -0.2) is 13.0 Å². The van der Waals surface area contributed by atoms with Crippen molar-refractivity contribution in [1.29, 1.82) is 0 Å². The lowest BCUT2D eigenvalue weighted by atomic mass is 10.1. The fourth-order valence-electron chi connectivity index (χ4n) is 2.06. The maximum Gasteiger partial charge on any atom is 0.257 e. The van der Waals surface area contributed by atoms with Gasteiger partial charge in [0.25, 0.3) is 5.91 Å². The Hall–Kier alpha value is -1.33. The van der Waals surface area contributed by atoms with E-state index in [1.165, 1.54) is 0 Å². The summed E-state index contributed by atoms with van der Waals surface area (Å²) < 4.78 is 1.70. The second-order valence-corrected chi connectivity index (χ2v) is 6.57. The van der Waals surface area contributed by atoms with Gasteiger partial charge in [0.15, 0.2) is 0 Å². The normalized spacial score (nSPS) is 10.3. The number of carbonyl (C=O) groups is 1. The second kappa shape index (κ2) is 6.62. The highest BCUT2D eigenvalue weighted by Gasteiger charge is 2.15. The molecule has 0 aliphatic heterocycles. The molecule has 0 saturated heterocycles. The van der Waals surface area contributed by atoms with Gasteiger partial charge >= 0.3 is 0 Å². The number of hydrogen-bond donors (Lipinski definition) is 2. The van der Waals surface area contributed by atoms with E-state index < -0.39 is 0 Å². The molecular weight excluding hydrogens is 396 g/mol. The van der Waals surface area contributed by atoms with Gasteiger partial charge in [-0.15, -0.1) is 0 Å². The molecule has 2 N–H and O–H groups in total. The SMILES string of the molecule is CNc1ccc(C)cc1C(=O)Nc1c(Br)cc(C)cc1Br. The molecular formula is C16H16Br2N2O. The highest BCUT2D eigenvalue weighted by molar-refractivity contribution is 9.11. The van der Waals surface area contributed by atoms with Crippen molar-refractivity contribution >= 4 is 49.1 Å². The zero-order valence-electron chi connectivity index (χ0n) is 12.1. The average molecular weight is 412 g/mol. The first-order valence-electron chi connectivity index (χ1n) is 6.47. The summed E-state index contributed by atoms with van der Waals surface area (Å²) in [5, 5.41) is 5.99. The van der Waals surface area contributed by atoms with Crippen LogP contribution >= 0.6 is 31.9 Å². The molecule has 0 bridgehead atoms. The Morgan fingerprint density at radius 3 is 2.19 bits per heavy atom. The number of anilines is 2. The van der Waals surface area contributed by atoms with Crippen molar-refractivity contribution in [3.05, 3.63) is 56.0 Å². The quantitative estimate of drug-likeness (QED) is 0.735. The third kappa shape index (κ3) is 3.66. The van der Waals surface area contributed by atoms with Gasteiger partial charge in [-0.25, -0.2) is 0 Å². The predicted molar refractivity (Wildman–Crippen MR) is 95.3 cm³/mol. The van der Waals surface area contributed by atoms with Crippen molar-refractivity contribution in [3.8, 4) is 0 Å². The van der Waals surface area contributed by atoms with E-state index in [0.717, 1.165) is 31.4 Å². The summed E-state index contributed by atoms with van der Waals surface area (Å²) in [5.41, 5.74) is 4.31. The van der Waals surface area contributed by atoms with Crippen LogP contribution in [0.1, 0.15) is 21.5 Å². The molecule has 2 aromatic carbocycles. The zero-order valence-corrected chi connectivity index (χ0v) is 15.2. The fraction of sp³-hybridized carbons (Fsp3) is 0.188. The van der Waals surface area contributed by atoms with Crippen LogP contribution in [0, 0.1) is 13.8 Å². The zero-order chi connectivity index (χ0) is 15.6. The Labute approximate surface area is 141 Å². The Morgan fingerprint density at radius 2 is 1.62 bits per heavy atom. The summed E-state index contributed by atoms with van der Waals surface area (Å²) >= 11 is 6.98. The van der Waals surface area contributed by atoms with Crippen molar-refractivity contribution in [3.63, 3.8) is 0 Å². The summed E-state index contributed by atoms with van der Waals surface area (Å²) in [7, 11) is 1.80. The number of aryl methyl sites for hydroxylation is 2. The highest BCUT2D eigenvalue weighted by atomic mass is 79.9. The van der Waals surface area contributed by atoms with Crippen molar-refractivity contribution in [2.24, 2.45) is 0 Å². The van der Waals surface area contributed by atoms with Gasteiger partial charge in [-0.3, -0.25) is 4.79 Å². The van der Waals surface area contributed by atoms with Crippen LogP contribution < -0.4 is 10.6 Å². The van der Waals surface area contributed by atoms with Crippen molar-refractivity contribution < 1.29 is 4.79 Å². The molecule has 0 aliphatic rings. The molecule has 110 valence electrons. The molecule has 0 heterocycles. The average Bonchev–Trinajstić information content (AvgIpc) is 2.42. The number of rotatable bonds is 3. The van der Waals surface area contributed by atoms with Gasteiger partial charge in [-0.1, -0.05) is 11.6 Å². The van der Waals surface area contributed by atoms with Gasteiger partial charge in [-0.2, -0.15) is 0 Å². The van der Waals surface area contributed by atoms with Crippen molar-refractivity contribution in [2.75, 3.05) is 17.7 Å². The van der Waals surface area contributed by atoms with E-state index in [4.69, 9.17) is 0 Å². The largest absolute Gasteiger partial charge is 0.387 e. The van der Waals surface area contributed by atoms with E-state index >= 15 is 0 Å². The summed E-state index contributed by atoms with van der Waals surface area (Å²) in [6.07, 6.45) is 0. The lowest BCUT2D eigenvalue weighted by molar-refractivity contribution is 0.102. The van der Waals surface area contributed by atoms with Gasteiger partial charge in [0.1, 0.15) is 0 Å². The van der Waals surface area contributed by atoms with E-state index in [1.807, 2.05) is 44.2 Å². The first-order chi connectivity index (χ1) is 9.92.